The number of carbonyl (C=O) groups is 1. The van der Waals surface area contributed by atoms with Crippen LogP contribution in [0.5, 0.6) is 0 Å². The largest absolute Gasteiger partial charge is 0.545 e. The topological polar surface area (TPSA) is 40.1 Å². The third-order valence-electron chi connectivity index (χ3n) is 4.22. The van der Waals surface area contributed by atoms with E-state index < -0.39 is 5.97 Å². The number of carboxylic acids is 1. The normalized spacial score (nSPS) is 10.1. The second-order valence-corrected chi connectivity index (χ2v) is 8.43. The first-order valence-corrected chi connectivity index (χ1v) is 10.5. The van der Waals surface area contributed by atoms with Crippen LogP contribution in [0.3, 0.4) is 0 Å². The molecule has 0 unspecified atom stereocenters. The van der Waals surface area contributed by atoms with Gasteiger partial charge in [-0.05, 0) is 48.9 Å². The van der Waals surface area contributed by atoms with Gasteiger partial charge in [-0.15, -0.1) is 0 Å². The van der Waals surface area contributed by atoms with Gasteiger partial charge in [-0.1, -0.05) is 84.4 Å². The first-order valence-electron chi connectivity index (χ1n) is 9.32. The van der Waals surface area contributed by atoms with E-state index in [2.05, 4.69) is 91.0 Å². The Balaban J connectivity index is 0.000000204. The van der Waals surface area contributed by atoms with Crippen molar-refractivity contribution in [3.05, 3.63) is 126 Å². The Labute approximate surface area is 174 Å². The van der Waals surface area contributed by atoms with Gasteiger partial charge < -0.3 is 9.90 Å². The zero-order valence-electron chi connectivity index (χ0n) is 16.2. The van der Waals surface area contributed by atoms with Crippen molar-refractivity contribution in [3.63, 3.8) is 0 Å². The van der Waals surface area contributed by atoms with Crippen molar-refractivity contribution in [2.24, 2.45) is 0 Å². The minimum absolute atomic E-state index is 0.0146. The molecule has 4 aromatic carbocycles. The van der Waals surface area contributed by atoms with Crippen LogP contribution < -0.4 is 5.11 Å². The summed E-state index contributed by atoms with van der Waals surface area (Å²) in [6, 6.07) is 38.7. The average molecular weight is 399 g/mol. The monoisotopic (exact) mass is 398 g/mol. The Hall–Kier alpha value is -3.30. The predicted octanol–water partition coefficient (Wildman–Crippen LogP) is 5.14. The maximum atomic E-state index is 10.2. The molecule has 4 aromatic rings. The van der Waals surface area contributed by atoms with E-state index in [1.807, 2.05) is 6.92 Å². The average Bonchev–Trinajstić information content (AvgIpc) is 2.77. The van der Waals surface area contributed by atoms with Gasteiger partial charge in [0.1, 0.15) is 0 Å². The van der Waals surface area contributed by atoms with E-state index in [1.54, 1.807) is 12.1 Å². The standard InChI is InChI=1S/C18H15S.C8H8O2/c1-4-10-16(11-5-1)19(17-12-6-2-7-13-17)18-14-8-3-9-15-18;1-6-2-4-7(5-3-6)8(9)10/h1-15H;2-5H,1H3,(H,9,10)/q+1;/p-1. The van der Waals surface area contributed by atoms with E-state index in [0.717, 1.165) is 5.56 Å². The lowest BCUT2D eigenvalue weighted by molar-refractivity contribution is -0.255. The molecule has 0 aromatic heterocycles. The Morgan fingerprint density at radius 1 is 0.586 bits per heavy atom. The summed E-state index contributed by atoms with van der Waals surface area (Å²) in [5, 5.41) is 10.2. The second-order valence-electron chi connectivity index (χ2n) is 6.40. The van der Waals surface area contributed by atoms with E-state index in [9.17, 15) is 9.90 Å². The Bertz CT molecular complexity index is 921. The highest BCUT2D eigenvalue weighted by Crippen LogP contribution is 2.30. The van der Waals surface area contributed by atoms with Crippen molar-refractivity contribution in [3.8, 4) is 0 Å². The van der Waals surface area contributed by atoms with Crippen LogP contribution >= 0.6 is 0 Å². The highest BCUT2D eigenvalue weighted by atomic mass is 32.2. The molecule has 0 aliphatic heterocycles. The summed E-state index contributed by atoms with van der Waals surface area (Å²) in [6.45, 7) is 1.90. The zero-order chi connectivity index (χ0) is 20.5. The van der Waals surface area contributed by atoms with E-state index in [1.165, 1.54) is 26.8 Å². The molecule has 144 valence electrons. The summed E-state index contributed by atoms with van der Waals surface area (Å²) in [5.41, 5.74) is 1.27. The number of rotatable bonds is 4. The molecule has 0 fully saturated rings. The minimum Gasteiger partial charge on any atom is -0.545 e. The van der Waals surface area contributed by atoms with Crippen LogP contribution in [-0.4, -0.2) is 5.97 Å². The molecule has 3 heteroatoms. The molecule has 2 nitrogen and oxygen atoms in total. The molecule has 0 radical (unpaired) electrons. The third-order valence-corrected chi connectivity index (χ3v) is 6.45. The van der Waals surface area contributed by atoms with Crippen LogP contribution in [0.15, 0.2) is 130 Å². The van der Waals surface area contributed by atoms with Crippen molar-refractivity contribution >= 4 is 16.9 Å². The van der Waals surface area contributed by atoms with Crippen LogP contribution in [0.1, 0.15) is 15.9 Å². The van der Waals surface area contributed by atoms with E-state index in [4.69, 9.17) is 0 Å². The minimum atomic E-state index is -1.12. The van der Waals surface area contributed by atoms with Crippen molar-refractivity contribution in [1.29, 1.82) is 0 Å². The summed E-state index contributed by atoms with van der Waals surface area (Å²) in [7, 11) is -0.0146. The fourth-order valence-electron chi connectivity index (χ4n) is 2.77. The van der Waals surface area contributed by atoms with Crippen molar-refractivity contribution in [1.82, 2.24) is 0 Å². The number of carbonyl (C=O) groups excluding carboxylic acids is 1. The highest BCUT2D eigenvalue weighted by molar-refractivity contribution is 7.97. The molecule has 0 saturated carbocycles. The quantitative estimate of drug-likeness (QED) is 0.447. The third kappa shape index (κ3) is 5.84. The van der Waals surface area contributed by atoms with Crippen molar-refractivity contribution in [2.45, 2.75) is 21.6 Å². The van der Waals surface area contributed by atoms with Crippen molar-refractivity contribution < 1.29 is 9.90 Å². The van der Waals surface area contributed by atoms with Gasteiger partial charge in [0.2, 0.25) is 0 Å². The first-order chi connectivity index (χ1) is 14.1. The zero-order valence-corrected chi connectivity index (χ0v) is 17.0. The molecule has 0 N–H and O–H groups in total. The van der Waals surface area contributed by atoms with Gasteiger partial charge in [-0.3, -0.25) is 0 Å². The van der Waals surface area contributed by atoms with Gasteiger partial charge in [-0.2, -0.15) is 0 Å². The first kappa shape index (κ1) is 20.4. The molecule has 0 bridgehead atoms. The van der Waals surface area contributed by atoms with Crippen LogP contribution in [0.2, 0.25) is 0 Å². The SMILES string of the molecule is Cc1ccc(C(=O)[O-])cc1.c1ccc([S+](c2ccccc2)c2ccccc2)cc1. The summed E-state index contributed by atoms with van der Waals surface area (Å²) in [4.78, 5) is 14.3. The van der Waals surface area contributed by atoms with E-state index in [0.29, 0.717) is 0 Å². The lowest BCUT2D eigenvalue weighted by Gasteiger charge is -2.07. The van der Waals surface area contributed by atoms with Gasteiger partial charge in [0, 0.05) is 0 Å². The van der Waals surface area contributed by atoms with E-state index >= 15 is 0 Å². The van der Waals surface area contributed by atoms with Gasteiger partial charge in [0.15, 0.2) is 14.7 Å². The molecule has 0 spiro atoms. The Morgan fingerprint density at radius 2 is 0.931 bits per heavy atom. The van der Waals surface area contributed by atoms with Crippen LogP contribution in [0.25, 0.3) is 0 Å². The maximum absolute atomic E-state index is 10.2. The number of aryl methyl sites for hydroxylation is 1. The number of hydrogen-bond donors (Lipinski definition) is 0. The van der Waals surface area contributed by atoms with Gasteiger partial charge in [0.05, 0.1) is 16.9 Å². The lowest BCUT2D eigenvalue weighted by Crippen LogP contribution is -2.21. The van der Waals surface area contributed by atoms with Crippen molar-refractivity contribution in [2.75, 3.05) is 0 Å². The fraction of sp³-hybridized carbons (Fsp3) is 0.0385. The van der Waals surface area contributed by atoms with Gasteiger partial charge >= 0.3 is 0 Å². The summed E-state index contributed by atoms with van der Waals surface area (Å²) in [6.07, 6.45) is 0. The molecule has 0 amide bonds. The van der Waals surface area contributed by atoms with Crippen LogP contribution in [0.4, 0.5) is 0 Å². The lowest BCUT2D eigenvalue weighted by atomic mass is 10.2. The van der Waals surface area contributed by atoms with Gasteiger partial charge in [-0.25, -0.2) is 0 Å². The molecular formula is C26H22O2S. The summed E-state index contributed by atoms with van der Waals surface area (Å²) in [5.74, 6) is -1.12. The number of benzene rings is 4. The smallest absolute Gasteiger partial charge is 0.166 e. The Morgan fingerprint density at radius 3 is 1.24 bits per heavy atom. The molecule has 29 heavy (non-hydrogen) atoms. The number of hydrogen-bond acceptors (Lipinski definition) is 2. The summed E-state index contributed by atoms with van der Waals surface area (Å²) < 4.78 is 0. The molecule has 4 rings (SSSR count). The summed E-state index contributed by atoms with van der Waals surface area (Å²) >= 11 is 0. The molecule has 0 heterocycles. The van der Waals surface area contributed by atoms with Crippen LogP contribution in [-0.2, 0) is 10.9 Å². The maximum Gasteiger partial charge on any atom is 0.166 e. The number of aromatic carboxylic acids is 1. The molecule has 0 atom stereocenters. The van der Waals surface area contributed by atoms with E-state index in [-0.39, 0.29) is 16.5 Å². The molecule has 0 saturated heterocycles. The molecule has 0 aliphatic carbocycles. The van der Waals surface area contributed by atoms with Crippen LogP contribution in [0, 0.1) is 6.92 Å². The Kier molecular flexibility index (Phi) is 7.26. The highest BCUT2D eigenvalue weighted by Gasteiger charge is 2.27. The molecule has 0 aliphatic rings. The fourth-order valence-corrected chi connectivity index (χ4v) is 4.87. The predicted molar refractivity (Wildman–Crippen MR) is 117 cm³/mol. The molecular weight excluding hydrogens is 376 g/mol. The van der Waals surface area contributed by atoms with Gasteiger partial charge in [0.25, 0.3) is 0 Å². The second kappa shape index (κ2) is 10.3. The number of carboxylic acid groups (broad SMARTS) is 1.